The predicted octanol–water partition coefficient (Wildman–Crippen LogP) is 3.99. The Morgan fingerprint density at radius 1 is 1.20 bits per heavy atom. The number of ether oxygens (including phenoxy) is 3. The summed E-state index contributed by atoms with van der Waals surface area (Å²) >= 11 is 0. The van der Waals surface area contributed by atoms with Crippen molar-refractivity contribution >= 4 is 5.97 Å². The van der Waals surface area contributed by atoms with E-state index in [0.717, 1.165) is 19.8 Å². The number of halogens is 5. The molecule has 0 aromatic carbocycles. The van der Waals surface area contributed by atoms with Crippen molar-refractivity contribution in [3.63, 3.8) is 0 Å². The van der Waals surface area contributed by atoms with Crippen molar-refractivity contribution in [1.29, 1.82) is 0 Å². The third-order valence-electron chi connectivity index (χ3n) is 6.75. The maximum Gasteiger partial charge on any atom is 0.449 e. The Bertz CT molecular complexity index is 736. The zero-order valence-corrected chi connectivity index (χ0v) is 17.3. The van der Waals surface area contributed by atoms with Crippen molar-refractivity contribution in [3.05, 3.63) is 12.2 Å². The average Bonchev–Trinajstić information content (AvgIpc) is 3.23. The molecular weight excluding hydrogens is 415 g/mol. The van der Waals surface area contributed by atoms with Gasteiger partial charge in [-0.3, -0.25) is 0 Å². The van der Waals surface area contributed by atoms with Crippen molar-refractivity contribution in [1.82, 2.24) is 0 Å². The molecule has 5 nitrogen and oxygen atoms in total. The molecule has 2 bridgehead atoms. The molecule has 6 unspecified atom stereocenters. The molecule has 6 atom stereocenters. The summed E-state index contributed by atoms with van der Waals surface area (Å²) in [6.45, 7) is 7.65. The van der Waals surface area contributed by atoms with Crippen LogP contribution in [0, 0.1) is 17.8 Å². The lowest BCUT2D eigenvalue weighted by Crippen LogP contribution is -2.65. The van der Waals surface area contributed by atoms with Crippen molar-refractivity contribution in [2.75, 3.05) is 6.61 Å². The zero-order valence-electron chi connectivity index (χ0n) is 17.3. The molecule has 0 aromatic heterocycles. The Balaban J connectivity index is 1.88. The highest BCUT2D eigenvalue weighted by atomic mass is 19.4. The van der Waals surface area contributed by atoms with Crippen LogP contribution in [0.5, 0.6) is 0 Å². The fourth-order valence-corrected chi connectivity index (χ4v) is 5.38. The number of fused-ring (bicyclic) bond motifs is 2. The fourth-order valence-electron chi connectivity index (χ4n) is 5.38. The molecule has 0 aromatic rings. The van der Waals surface area contributed by atoms with Gasteiger partial charge in [-0.2, -0.15) is 22.0 Å². The Kier molecular flexibility index (Phi) is 5.36. The SMILES string of the molecule is C=C(C)C(=O)OC1C2CCC(C2)C1C(C)(C)OC1(C)COC(O)(C(F)(F)F)C1(F)F. The van der Waals surface area contributed by atoms with Gasteiger partial charge in [-0.05, 0) is 58.8 Å². The summed E-state index contributed by atoms with van der Waals surface area (Å²) < 4.78 is 84.5. The van der Waals surface area contributed by atoms with Gasteiger partial charge < -0.3 is 19.3 Å². The van der Waals surface area contributed by atoms with E-state index in [-0.39, 0.29) is 17.4 Å². The summed E-state index contributed by atoms with van der Waals surface area (Å²) in [7, 11) is 0. The van der Waals surface area contributed by atoms with E-state index in [2.05, 4.69) is 11.3 Å². The monoisotopic (exact) mass is 442 g/mol. The lowest BCUT2D eigenvalue weighted by molar-refractivity contribution is -0.413. The van der Waals surface area contributed by atoms with Crippen molar-refractivity contribution in [2.24, 2.45) is 17.8 Å². The van der Waals surface area contributed by atoms with Crippen LogP contribution in [0.1, 0.15) is 47.0 Å². The number of hydrogen-bond donors (Lipinski definition) is 1. The van der Waals surface area contributed by atoms with E-state index in [1.807, 2.05) is 0 Å². The standard InChI is InChI=1S/C20H27F5O5/c1-10(2)15(26)29-14-12-7-6-11(8-12)13(14)16(3,4)30-17(5)9-28-19(27,18(17,21)22)20(23,24)25/h11-14,27H,1,6-9H2,2-5H3. The smallest absolute Gasteiger partial charge is 0.449 e. The minimum absolute atomic E-state index is 0.00830. The van der Waals surface area contributed by atoms with Gasteiger partial charge in [-0.25, -0.2) is 4.79 Å². The van der Waals surface area contributed by atoms with Crippen LogP contribution < -0.4 is 0 Å². The van der Waals surface area contributed by atoms with E-state index in [9.17, 15) is 31.9 Å². The first kappa shape index (κ1) is 23.4. The largest absolute Gasteiger partial charge is 0.458 e. The van der Waals surface area contributed by atoms with Gasteiger partial charge in [0.15, 0.2) is 5.60 Å². The number of alkyl halides is 5. The molecule has 1 N–H and O–H groups in total. The van der Waals surface area contributed by atoms with E-state index in [4.69, 9.17) is 9.47 Å². The summed E-state index contributed by atoms with van der Waals surface area (Å²) in [6.07, 6.45) is -4.05. The molecule has 2 saturated carbocycles. The molecule has 3 rings (SSSR count). The topological polar surface area (TPSA) is 65.0 Å². The Hall–Kier alpha value is -1.26. The molecule has 3 fully saturated rings. The van der Waals surface area contributed by atoms with Gasteiger partial charge in [0.25, 0.3) is 0 Å². The number of hydrogen-bond acceptors (Lipinski definition) is 5. The first-order chi connectivity index (χ1) is 13.5. The predicted molar refractivity (Wildman–Crippen MR) is 94.5 cm³/mol. The van der Waals surface area contributed by atoms with Gasteiger partial charge in [0.1, 0.15) is 6.10 Å². The van der Waals surface area contributed by atoms with Gasteiger partial charge in [-0.1, -0.05) is 6.58 Å². The van der Waals surface area contributed by atoms with E-state index in [0.29, 0.717) is 6.42 Å². The number of rotatable bonds is 5. The third-order valence-corrected chi connectivity index (χ3v) is 6.75. The third kappa shape index (κ3) is 3.26. The lowest BCUT2D eigenvalue weighted by Gasteiger charge is -2.46. The van der Waals surface area contributed by atoms with E-state index in [1.54, 1.807) is 0 Å². The average molecular weight is 442 g/mol. The Morgan fingerprint density at radius 2 is 1.77 bits per heavy atom. The van der Waals surface area contributed by atoms with Crippen LogP contribution in [0.3, 0.4) is 0 Å². The number of carbonyl (C=O) groups excluding carboxylic acids is 1. The first-order valence-electron chi connectivity index (χ1n) is 9.84. The Morgan fingerprint density at radius 3 is 2.27 bits per heavy atom. The van der Waals surface area contributed by atoms with Gasteiger partial charge >= 0.3 is 23.9 Å². The molecule has 3 aliphatic rings. The molecule has 0 spiro atoms. The summed E-state index contributed by atoms with van der Waals surface area (Å²) in [5, 5.41) is 9.63. The highest BCUT2D eigenvalue weighted by molar-refractivity contribution is 5.87. The van der Waals surface area contributed by atoms with Crippen LogP contribution in [0.4, 0.5) is 22.0 Å². The minimum Gasteiger partial charge on any atom is -0.458 e. The summed E-state index contributed by atoms with van der Waals surface area (Å²) in [5.74, 6) is -10.5. The van der Waals surface area contributed by atoms with E-state index < -0.39 is 53.7 Å². The molecule has 30 heavy (non-hydrogen) atoms. The molecule has 2 aliphatic carbocycles. The normalized spacial score (nSPS) is 40.6. The molecule has 0 amide bonds. The summed E-state index contributed by atoms with van der Waals surface area (Å²) in [6, 6.07) is 0. The summed E-state index contributed by atoms with van der Waals surface area (Å²) in [5.41, 5.74) is -3.95. The van der Waals surface area contributed by atoms with Crippen molar-refractivity contribution < 1.29 is 46.1 Å². The second-order valence-corrected chi connectivity index (χ2v) is 9.45. The summed E-state index contributed by atoms with van der Waals surface area (Å²) in [4.78, 5) is 12.1. The zero-order chi connectivity index (χ0) is 22.9. The van der Waals surface area contributed by atoms with E-state index in [1.165, 1.54) is 20.8 Å². The van der Waals surface area contributed by atoms with E-state index >= 15 is 0 Å². The maximum absolute atomic E-state index is 14.8. The van der Waals surface area contributed by atoms with Crippen LogP contribution in [0.2, 0.25) is 0 Å². The van der Waals surface area contributed by atoms with Crippen LogP contribution >= 0.6 is 0 Å². The highest BCUT2D eigenvalue weighted by Crippen LogP contribution is 2.59. The van der Waals surface area contributed by atoms with Gasteiger partial charge in [-0.15, -0.1) is 0 Å². The molecule has 1 aliphatic heterocycles. The molecule has 172 valence electrons. The van der Waals surface area contributed by atoms with Crippen molar-refractivity contribution in [3.8, 4) is 0 Å². The lowest BCUT2D eigenvalue weighted by atomic mass is 9.75. The van der Waals surface area contributed by atoms with Crippen LogP contribution in [0.15, 0.2) is 12.2 Å². The Labute approximate surface area is 171 Å². The van der Waals surface area contributed by atoms with Crippen LogP contribution in [-0.2, 0) is 19.0 Å². The quantitative estimate of drug-likeness (QED) is 0.396. The number of aliphatic hydroxyl groups is 1. The molecule has 1 heterocycles. The number of esters is 1. The van der Waals surface area contributed by atoms with Gasteiger partial charge in [0.2, 0.25) is 0 Å². The fraction of sp³-hybridized carbons (Fsp3) is 0.850. The molecule has 10 heteroatoms. The highest BCUT2D eigenvalue weighted by Gasteiger charge is 2.82. The molecule has 1 saturated heterocycles. The minimum atomic E-state index is -5.71. The molecule has 0 radical (unpaired) electrons. The maximum atomic E-state index is 14.8. The number of carbonyl (C=O) groups is 1. The second kappa shape index (κ2) is 6.87. The van der Waals surface area contributed by atoms with Crippen molar-refractivity contribution in [2.45, 2.75) is 82.1 Å². The first-order valence-corrected chi connectivity index (χ1v) is 9.84. The van der Waals surface area contributed by atoms with Gasteiger partial charge in [0.05, 0.1) is 12.2 Å². The molecular formula is C20H27F5O5. The van der Waals surface area contributed by atoms with Gasteiger partial charge in [0, 0.05) is 11.5 Å². The second-order valence-electron chi connectivity index (χ2n) is 9.45. The van der Waals surface area contributed by atoms with Crippen LogP contribution in [0.25, 0.3) is 0 Å². The van der Waals surface area contributed by atoms with Crippen LogP contribution in [-0.4, -0.2) is 52.9 Å².